The summed E-state index contributed by atoms with van der Waals surface area (Å²) in [5.41, 5.74) is 9.02. The van der Waals surface area contributed by atoms with Crippen molar-refractivity contribution in [1.82, 2.24) is 0 Å². The van der Waals surface area contributed by atoms with E-state index in [1.54, 1.807) is 7.11 Å². The minimum absolute atomic E-state index is 0.475. The fourth-order valence-electron chi connectivity index (χ4n) is 2.24. The van der Waals surface area contributed by atoms with E-state index < -0.39 is 0 Å². The Hall–Kier alpha value is -1.71. The fourth-order valence-corrected chi connectivity index (χ4v) is 2.57. The molecule has 0 aliphatic carbocycles. The van der Waals surface area contributed by atoms with Gasteiger partial charge < -0.3 is 15.4 Å². The van der Waals surface area contributed by atoms with E-state index in [2.05, 4.69) is 4.90 Å². The average Bonchev–Trinajstić information content (AvgIpc) is 2.47. The predicted octanol–water partition coefficient (Wildman–Crippen LogP) is 3.44. The second-order valence-electron chi connectivity index (χ2n) is 4.66. The second-order valence-corrected chi connectivity index (χ2v) is 5.06. The topological polar surface area (TPSA) is 38.5 Å². The van der Waals surface area contributed by atoms with Gasteiger partial charge in [-0.2, -0.15) is 0 Å². The molecule has 0 unspecified atom stereocenters. The molecule has 0 atom stereocenters. The molecule has 106 valence electrons. The monoisotopic (exact) mass is 290 g/mol. The highest BCUT2D eigenvalue weighted by Gasteiger charge is 2.11. The number of para-hydroxylation sites is 1. The second kappa shape index (κ2) is 6.64. The van der Waals surface area contributed by atoms with Crippen molar-refractivity contribution in [3.8, 4) is 5.75 Å². The van der Waals surface area contributed by atoms with Crippen LogP contribution in [0.25, 0.3) is 0 Å². The molecule has 20 heavy (non-hydrogen) atoms. The SMILES string of the molecule is COc1ccc(CN(C)c2c(Cl)cccc2CN)cc1. The minimum atomic E-state index is 0.475. The molecule has 0 saturated heterocycles. The molecule has 2 N–H and O–H groups in total. The van der Waals surface area contributed by atoms with Crippen molar-refractivity contribution < 1.29 is 4.74 Å². The largest absolute Gasteiger partial charge is 0.497 e. The van der Waals surface area contributed by atoms with Crippen LogP contribution in [0.4, 0.5) is 5.69 Å². The summed E-state index contributed by atoms with van der Waals surface area (Å²) < 4.78 is 5.16. The molecule has 3 nitrogen and oxygen atoms in total. The fraction of sp³-hybridized carbons (Fsp3) is 0.250. The van der Waals surface area contributed by atoms with Gasteiger partial charge >= 0.3 is 0 Å². The number of benzene rings is 2. The highest BCUT2D eigenvalue weighted by molar-refractivity contribution is 6.33. The zero-order valence-electron chi connectivity index (χ0n) is 11.8. The van der Waals surface area contributed by atoms with E-state index >= 15 is 0 Å². The molecule has 4 heteroatoms. The zero-order chi connectivity index (χ0) is 14.5. The Balaban J connectivity index is 2.21. The molecule has 0 spiro atoms. The van der Waals surface area contributed by atoms with Crippen LogP contribution in [0.1, 0.15) is 11.1 Å². The van der Waals surface area contributed by atoms with Crippen LogP contribution in [-0.2, 0) is 13.1 Å². The lowest BCUT2D eigenvalue weighted by Crippen LogP contribution is -2.19. The molecule has 0 radical (unpaired) electrons. The Morgan fingerprint density at radius 3 is 2.45 bits per heavy atom. The lowest BCUT2D eigenvalue weighted by Gasteiger charge is -2.23. The van der Waals surface area contributed by atoms with Gasteiger partial charge in [0, 0.05) is 20.1 Å². The lowest BCUT2D eigenvalue weighted by molar-refractivity contribution is 0.414. The number of nitrogens with zero attached hydrogens (tertiary/aromatic N) is 1. The normalized spacial score (nSPS) is 10.4. The van der Waals surface area contributed by atoms with E-state index in [4.69, 9.17) is 22.1 Å². The maximum Gasteiger partial charge on any atom is 0.118 e. The van der Waals surface area contributed by atoms with E-state index in [0.717, 1.165) is 28.6 Å². The number of methoxy groups -OCH3 is 1. The van der Waals surface area contributed by atoms with Gasteiger partial charge in [-0.15, -0.1) is 0 Å². The molecule has 0 fully saturated rings. The number of ether oxygens (including phenoxy) is 1. The summed E-state index contributed by atoms with van der Waals surface area (Å²) in [4.78, 5) is 2.12. The van der Waals surface area contributed by atoms with E-state index in [9.17, 15) is 0 Å². The van der Waals surface area contributed by atoms with Crippen molar-refractivity contribution in [3.05, 3.63) is 58.6 Å². The Bertz CT molecular complexity index is 569. The van der Waals surface area contributed by atoms with Crippen LogP contribution >= 0.6 is 11.6 Å². The van der Waals surface area contributed by atoms with Crippen LogP contribution in [0.3, 0.4) is 0 Å². The summed E-state index contributed by atoms with van der Waals surface area (Å²) in [6, 6.07) is 13.8. The van der Waals surface area contributed by atoms with Crippen molar-refractivity contribution >= 4 is 17.3 Å². The maximum absolute atomic E-state index is 6.30. The highest BCUT2D eigenvalue weighted by Crippen LogP contribution is 2.30. The number of hydrogen-bond acceptors (Lipinski definition) is 3. The van der Waals surface area contributed by atoms with Crippen molar-refractivity contribution in [2.24, 2.45) is 5.73 Å². The first kappa shape index (κ1) is 14.7. The number of anilines is 1. The molecule has 0 aliphatic heterocycles. The quantitative estimate of drug-likeness (QED) is 0.917. The summed E-state index contributed by atoms with van der Waals surface area (Å²) >= 11 is 6.30. The summed E-state index contributed by atoms with van der Waals surface area (Å²) in [5, 5.41) is 0.726. The van der Waals surface area contributed by atoms with E-state index in [1.165, 1.54) is 5.56 Å². The number of nitrogens with two attached hydrogens (primary N) is 1. The summed E-state index contributed by atoms with van der Waals surface area (Å²) in [5.74, 6) is 0.858. The number of hydrogen-bond donors (Lipinski definition) is 1. The first-order valence-corrected chi connectivity index (χ1v) is 6.85. The van der Waals surface area contributed by atoms with E-state index in [0.29, 0.717) is 6.54 Å². The average molecular weight is 291 g/mol. The molecular weight excluding hydrogens is 272 g/mol. The first-order chi connectivity index (χ1) is 9.65. The molecule has 0 heterocycles. The number of halogens is 1. The van der Waals surface area contributed by atoms with Gasteiger partial charge in [0.15, 0.2) is 0 Å². The van der Waals surface area contributed by atoms with Crippen molar-refractivity contribution in [2.45, 2.75) is 13.1 Å². The van der Waals surface area contributed by atoms with Gasteiger partial charge in [0.25, 0.3) is 0 Å². The van der Waals surface area contributed by atoms with Crippen LogP contribution in [0, 0.1) is 0 Å². The van der Waals surface area contributed by atoms with Gasteiger partial charge in [0.05, 0.1) is 17.8 Å². The summed E-state index contributed by atoms with van der Waals surface area (Å²) in [6.07, 6.45) is 0. The smallest absolute Gasteiger partial charge is 0.118 e. The van der Waals surface area contributed by atoms with E-state index in [-0.39, 0.29) is 0 Å². The molecular formula is C16H19ClN2O. The molecule has 2 rings (SSSR count). The van der Waals surface area contributed by atoms with Crippen LogP contribution < -0.4 is 15.4 Å². The summed E-state index contributed by atoms with van der Waals surface area (Å²) in [7, 11) is 3.68. The van der Waals surface area contributed by atoms with Gasteiger partial charge in [0.1, 0.15) is 5.75 Å². The van der Waals surface area contributed by atoms with Crippen LogP contribution in [-0.4, -0.2) is 14.2 Å². The van der Waals surface area contributed by atoms with Crippen molar-refractivity contribution in [1.29, 1.82) is 0 Å². The van der Waals surface area contributed by atoms with Crippen LogP contribution in [0.15, 0.2) is 42.5 Å². The van der Waals surface area contributed by atoms with Crippen LogP contribution in [0.2, 0.25) is 5.02 Å². The van der Waals surface area contributed by atoms with E-state index in [1.807, 2.05) is 49.5 Å². The van der Waals surface area contributed by atoms with Gasteiger partial charge in [-0.1, -0.05) is 35.9 Å². The molecule has 0 aliphatic rings. The Labute approximate surface area is 124 Å². The third kappa shape index (κ3) is 3.24. The Morgan fingerprint density at radius 2 is 1.85 bits per heavy atom. The molecule has 0 aromatic heterocycles. The van der Waals surface area contributed by atoms with Gasteiger partial charge in [-0.05, 0) is 29.3 Å². The van der Waals surface area contributed by atoms with Gasteiger partial charge in [-0.25, -0.2) is 0 Å². The number of rotatable bonds is 5. The molecule has 0 saturated carbocycles. The standard InChI is InChI=1S/C16H19ClN2O/c1-19(11-12-6-8-14(20-2)9-7-12)16-13(10-18)4-3-5-15(16)17/h3-9H,10-11,18H2,1-2H3. The van der Waals surface area contributed by atoms with Crippen molar-refractivity contribution in [3.63, 3.8) is 0 Å². The Morgan fingerprint density at radius 1 is 1.15 bits per heavy atom. The van der Waals surface area contributed by atoms with Gasteiger partial charge in [-0.3, -0.25) is 0 Å². The molecule has 2 aromatic carbocycles. The predicted molar refractivity (Wildman–Crippen MR) is 84.4 cm³/mol. The Kier molecular flexibility index (Phi) is 4.88. The summed E-state index contributed by atoms with van der Waals surface area (Å²) in [6.45, 7) is 1.24. The molecule has 0 bridgehead atoms. The molecule has 0 amide bonds. The van der Waals surface area contributed by atoms with Crippen molar-refractivity contribution in [2.75, 3.05) is 19.1 Å². The third-order valence-electron chi connectivity index (χ3n) is 3.25. The maximum atomic E-state index is 6.30. The van der Waals surface area contributed by atoms with Crippen LogP contribution in [0.5, 0.6) is 5.75 Å². The highest BCUT2D eigenvalue weighted by atomic mass is 35.5. The molecule has 2 aromatic rings. The third-order valence-corrected chi connectivity index (χ3v) is 3.56. The minimum Gasteiger partial charge on any atom is -0.497 e. The zero-order valence-corrected chi connectivity index (χ0v) is 12.5. The first-order valence-electron chi connectivity index (χ1n) is 6.47. The lowest BCUT2D eigenvalue weighted by atomic mass is 10.1. The van der Waals surface area contributed by atoms with Gasteiger partial charge in [0.2, 0.25) is 0 Å².